The van der Waals surface area contributed by atoms with Crippen molar-refractivity contribution in [1.29, 1.82) is 0 Å². The van der Waals surface area contributed by atoms with E-state index < -0.39 is 0 Å². The van der Waals surface area contributed by atoms with Gasteiger partial charge in [-0.05, 0) is 51.6 Å². The van der Waals surface area contributed by atoms with Crippen molar-refractivity contribution in [3.8, 4) is 0 Å². The highest BCUT2D eigenvalue weighted by Gasteiger charge is 2.02. The maximum absolute atomic E-state index is 12.0. The van der Waals surface area contributed by atoms with Crippen molar-refractivity contribution in [2.75, 3.05) is 19.6 Å². The fourth-order valence-corrected chi connectivity index (χ4v) is 5.42. The van der Waals surface area contributed by atoms with Crippen LogP contribution in [0.3, 0.4) is 0 Å². The van der Waals surface area contributed by atoms with E-state index >= 15 is 0 Å². The van der Waals surface area contributed by atoms with Crippen LogP contribution in [0.4, 0.5) is 0 Å². The standard InChI is InChI=1S/C37H72N2O2/c1-3-5-7-9-10-11-12-13-14-15-16-17-20-23-27-32-37(41)39-35-29-34-38-33-28-24-21-18-19-22-26-31-36(40)30-25-8-6-4-2/h6,8,38H,3-5,7,9-35H2,1-2H3,(H,39,41)/b8-6-. The number of rotatable bonds is 34. The normalized spacial score (nSPS) is 11.5. The van der Waals surface area contributed by atoms with Crippen molar-refractivity contribution in [3.63, 3.8) is 0 Å². The fraction of sp³-hybridized carbons (Fsp3) is 0.892. The van der Waals surface area contributed by atoms with E-state index in [4.69, 9.17) is 0 Å². The van der Waals surface area contributed by atoms with Gasteiger partial charge in [-0.15, -0.1) is 0 Å². The van der Waals surface area contributed by atoms with Crippen LogP contribution in [0.5, 0.6) is 0 Å². The molecule has 0 spiro atoms. The Kier molecular flexibility index (Phi) is 34.0. The van der Waals surface area contributed by atoms with Crippen LogP contribution in [0.25, 0.3) is 0 Å². The first-order valence-corrected chi connectivity index (χ1v) is 18.3. The van der Waals surface area contributed by atoms with Crippen LogP contribution in [0.15, 0.2) is 12.2 Å². The Balaban J connectivity index is 3.21. The lowest BCUT2D eigenvalue weighted by Gasteiger charge is -2.07. The maximum atomic E-state index is 12.0. The summed E-state index contributed by atoms with van der Waals surface area (Å²) in [5.74, 6) is 0.657. The smallest absolute Gasteiger partial charge is 0.219 e. The Morgan fingerprint density at radius 1 is 0.463 bits per heavy atom. The monoisotopic (exact) mass is 577 g/mol. The summed E-state index contributed by atoms with van der Waals surface area (Å²) in [5, 5.41) is 6.60. The van der Waals surface area contributed by atoms with Crippen LogP contribution < -0.4 is 10.6 Å². The zero-order chi connectivity index (χ0) is 29.9. The van der Waals surface area contributed by atoms with Gasteiger partial charge in [-0.1, -0.05) is 148 Å². The summed E-state index contributed by atoms with van der Waals surface area (Å²) >= 11 is 0. The van der Waals surface area contributed by atoms with Gasteiger partial charge in [0.15, 0.2) is 0 Å². The largest absolute Gasteiger partial charge is 0.356 e. The van der Waals surface area contributed by atoms with E-state index in [0.717, 1.165) is 64.6 Å². The number of Topliss-reactive ketones (excluding diaryl/α,β-unsaturated/α-hetero) is 1. The summed E-state index contributed by atoms with van der Waals surface area (Å²) < 4.78 is 0. The zero-order valence-corrected chi connectivity index (χ0v) is 27.9. The lowest BCUT2D eigenvalue weighted by Crippen LogP contribution is -2.27. The number of hydrogen-bond acceptors (Lipinski definition) is 3. The van der Waals surface area contributed by atoms with E-state index in [1.165, 1.54) is 128 Å². The minimum Gasteiger partial charge on any atom is -0.356 e. The fourth-order valence-electron chi connectivity index (χ4n) is 5.42. The SMILES string of the molecule is CC/C=C\CCC(=O)CCCCCCCCCNCCCNC(=O)CCCCCCCCCCCCCCCCC. The van der Waals surface area contributed by atoms with Gasteiger partial charge < -0.3 is 10.6 Å². The van der Waals surface area contributed by atoms with Crippen molar-refractivity contribution < 1.29 is 9.59 Å². The molecule has 2 N–H and O–H groups in total. The molecule has 0 aromatic carbocycles. The summed E-state index contributed by atoms with van der Waals surface area (Å²) in [7, 11) is 0. The quantitative estimate of drug-likeness (QED) is 0.0591. The van der Waals surface area contributed by atoms with Crippen molar-refractivity contribution >= 4 is 11.7 Å². The van der Waals surface area contributed by atoms with Gasteiger partial charge >= 0.3 is 0 Å². The van der Waals surface area contributed by atoms with Crippen LogP contribution in [0.1, 0.15) is 194 Å². The molecule has 0 saturated heterocycles. The summed E-state index contributed by atoms with van der Waals surface area (Å²) in [5.41, 5.74) is 0. The van der Waals surface area contributed by atoms with Crippen LogP contribution in [0.2, 0.25) is 0 Å². The molecular formula is C37H72N2O2. The molecule has 0 atom stereocenters. The molecule has 41 heavy (non-hydrogen) atoms. The minimum atomic E-state index is 0.230. The molecular weight excluding hydrogens is 504 g/mol. The van der Waals surface area contributed by atoms with Gasteiger partial charge in [0.05, 0.1) is 0 Å². The third kappa shape index (κ3) is 34.9. The molecule has 0 aliphatic rings. The number of amides is 1. The first kappa shape index (κ1) is 39.8. The summed E-state index contributed by atoms with van der Waals surface area (Å²) in [4.78, 5) is 23.8. The van der Waals surface area contributed by atoms with E-state index in [2.05, 4.69) is 36.6 Å². The van der Waals surface area contributed by atoms with E-state index in [1.54, 1.807) is 0 Å². The average molecular weight is 577 g/mol. The molecule has 4 heteroatoms. The first-order valence-electron chi connectivity index (χ1n) is 18.3. The van der Waals surface area contributed by atoms with Gasteiger partial charge in [0, 0.05) is 25.8 Å². The second kappa shape index (κ2) is 35.0. The van der Waals surface area contributed by atoms with Crippen LogP contribution in [0, 0.1) is 0 Å². The van der Waals surface area contributed by atoms with Crippen LogP contribution in [-0.2, 0) is 9.59 Å². The Labute approximate surface area is 257 Å². The third-order valence-electron chi connectivity index (χ3n) is 8.16. The van der Waals surface area contributed by atoms with E-state index in [9.17, 15) is 9.59 Å². The van der Waals surface area contributed by atoms with Gasteiger partial charge in [0.2, 0.25) is 5.91 Å². The Morgan fingerprint density at radius 2 is 0.927 bits per heavy atom. The van der Waals surface area contributed by atoms with Crippen molar-refractivity contribution in [1.82, 2.24) is 10.6 Å². The number of allylic oxidation sites excluding steroid dienone is 2. The zero-order valence-electron chi connectivity index (χ0n) is 27.9. The molecule has 0 bridgehead atoms. The predicted octanol–water partition coefficient (Wildman–Crippen LogP) is 10.8. The second-order valence-electron chi connectivity index (χ2n) is 12.3. The summed E-state index contributed by atoms with van der Waals surface area (Å²) in [6, 6.07) is 0. The van der Waals surface area contributed by atoms with E-state index in [0.29, 0.717) is 12.2 Å². The molecule has 0 aromatic rings. The molecule has 0 radical (unpaired) electrons. The Hall–Kier alpha value is -1.16. The number of unbranched alkanes of at least 4 members (excludes halogenated alkanes) is 20. The number of carbonyl (C=O) groups is 2. The Bertz CT molecular complexity index is 575. The molecule has 1 amide bonds. The average Bonchev–Trinajstić information content (AvgIpc) is 2.97. The van der Waals surface area contributed by atoms with Gasteiger partial charge in [0.25, 0.3) is 0 Å². The topological polar surface area (TPSA) is 58.2 Å². The van der Waals surface area contributed by atoms with Crippen LogP contribution in [-0.4, -0.2) is 31.3 Å². The van der Waals surface area contributed by atoms with Crippen LogP contribution >= 0.6 is 0 Å². The molecule has 0 aliphatic carbocycles. The first-order chi connectivity index (χ1) is 20.2. The highest BCUT2D eigenvalue weighted by Crippen LogP contribution is 2.14. The van der Waals surface area contributed by atoms with E-state index in [-0.39, 0.29) is 5.91 Å². The Morgan fingerprint density at radius 3 is 1.46 bits per heavy atom. The molecule has 0 heterocycles. The maximum Gasteiger partial charge on any atom is 0.219 e. The number of hydrogen-bond donors (Lipinski definition) is 2. The molecule has 0 aliphatic heterocycles. The van der Waals surface area contributed by atoms with Gasteiger partial charge in [-0.2, -0.15) is 0 Å². The predicted molar refractivity (Wildman–Crippen MR) is 181 cm³/mol. The highest BCUT2D eigenvalue weighted by atomic mass is 16.1. The molecule has 0 fully saturated rings. The number of carbonyl (C=O) groups excluding carboxylic acids is 2. The van der Waals surface area contributed by atoms with Gasteiger partial charge in [-0.3, -0.25) is 9.59 Å². The lowest BCUT2D eigenvalue weighted by atomic mass is 10.0. The summed E-state index contributed by atoms with van der Waals surface area (Å²) in [6.07, 6.45) is 38.5. The highest BCUT2D eigenvalue weighted by molar-refractivity contribution is 5.78. The van der Waals surface area contributed by atoms with Crippen molar-refractivity contribution in [2.24, 2.45) is 0 Å². The number of nitrogens with one attached hydrogen (secondary N) is 2. The molecule has 0 saturated carbocycles. The lowest BCUT2D eigenvalue weighted by molar-refractivity contribution is -0.121. The van der Waals surface area contributed by atoms with Crippen molar-refractivity contribution in [3.05, 3.63) is 12.2 Å². The van der Waals surface area contributed by atoms with Gasteiger partial charge in [0.1, 0.15) is 5.78 Å². The van der Waals surface area contributed by atoms with Crippen molar-refractivity contribution in [2.45, 2.75) is 194 Å². The molecule has 0 unspecified atom stereocenters. The second-order valence-corrected chi connectivity index (χ2v) is 12.3. The van der Waals surface area contributed by atoms with E-state index in [1.807, 2.05) is 0 Å². The third-order valence-corrected chi connectivity index (χ3v) is 8.16. The summed E-state index contributed by atoms with van der Waals surface area (Å²) in [6.45, 7) is 7.27. The molecule has 242 valence electrons. The molecule has 4 nitrogen and oxygen atoms in total. The molecule has 0 rings (SSSR count). The minimum absolute atomic E-state index is 0.230. The number of ketones is 1. The molecule has 0 aromatic heterocycles. The van der Waals surface area contributed by atoms with Gasteiger partial charge in [-0.25, -0.2) is 0 Å².